The monoisotopic (exact) mass is 648 g/mol. The Morgan fingerprint density at radius 3 is 1.20 bits per heavy atom. The van der Waals surface area contributed by atoms with Crippen molar-refractivity contribution in [3.05, 3.63) is 24.3 Å². The molecule has 0 aliphatic rings. The summed E-state index contributed by atoms with van der Waals surface area (Å²) in [5.41, 5.74) is 5.94. The quantitative estimate of drug-likeness (QED) is 0.0416. The van der Waals surface area contributed by atoms with Gasteiger partial charge in [0, 0.05) is 6.42 Å². The Bertz CT molecular complexity index is 705. The lowest BCUT2D eigenvalue weighted by molar-refractivity contribution is -0.146. The van der Waals surface area contributed by atoms with Crippen molar-refractivity contribution in [2.24, 2.45) is 5.73 Å². The van der Waals surface area contributed by atoms with E-state index in [0.29, 0.717) is 13.2 Å². The van der Waals surface area contributed by atoms with Gasteiger partial charge >= 0.3 is 11.9 Å². The van der Waals surface area contributed by atoms with Crippen molar-refractivity contribution in [1.82, 2.24) is 0 Å². The summed E-state index contributed by atoms with van der Waals surface area (Å²) in [4.78, 5) is 24.1. The van der Waals surface area contributed by atoms with Crippen LogP contribution in [0.5, 0.6) is 0 Å². The SMILES string of the molecule is CCCCCCCC/C=C/CCCCCCCCOC(=O)CCC(N)C(=O)OCCCCCCCC/C=C/CCCCCCCC. The van der Waals surface area contributed by atoms with Crippen molar-refractivity contribution >= 4 is 11.9 Å². The first-order valence-electron chi connectivity index (χ1n) is 20.0. The van der Waals surface area contributed by atoms with Gasteiger partial charge in [-0.15, -0.1) is 0 Å². The van der Waals surface area contributed by atoms with Gasteiger partial charge in [-0.05, 0) is 70.6 Å². The predicted molar refractivity (Wildman–Crippen MR) is 198 cm³/mol. The third kappa shape index (κ3) is 35.2. The van der Waals surface area contributed by atoms with E-state index in [4.69, 9.17) is 15.2 Å². The summed E-state index contributed by atoms with van der Waals surface area (Å²) in [6.07, 6.45) is 45.0. The Kier molecular flexibility index (Phi) is 36.5. The maximum absolute atomic E-state index is 12.1. The molecule has 0 aliphatic carbocycles. The number of hydrogen-bond donors (Lipinski definition) is 1. The second kappa shape index (κ2) is 37.8. The molecule has 0 heterocycles. The van der Waals surface area contributed by atoms with Crippen molar-refractivity contribution in [1.29, 1.82) is 0 Å². The standard InChI is InChI=1S/C41H77NO4/c1-3-5-7-9-11-13-15-17-19-21-23-25-27-29-31-33-37-45-40(43)36-35-39(42)41(44)46-38-34-32-30-28-26-24-22-20-18-16-14-12-10-8-6-4-2/h17-20,39H,3-16,21-38,42H2,1-2H3/b19-17+,20-18+. The van der Waals surface area contributed by atoms with Gasteiger partial charge in [0.05, 0.1) is 13.2 Å². The second-order valence-electron chi connectivity index (χ2n) is 13.4. The molecule has 0 aromatic rings. The van der Waals surface area contributed by atoms with Gasteiger partial charge in [0.25, 0.3) is 0 Å². The van der Waals surface area contributed by atoms with E-state index >= 15 is 0 Å². The van der Waals surface area contributed by atoms with E-state index < -0.39 is 12.0 Å². The van der Waals surface area contributed by atoms with Crippen LogP contribution in [0, 0.1) is 0 Å². The lowest BCUT2D eigenvalue weighted by atomic mass is 10.1. The molecule has 5 heteroatoms. The van der Waals surface area contributed by atoms with Crippen LogP contribution in [-0.2, 0) is 19.1 Å². The van der Waals surface area contributed by atoms with E-state index in [-0.39, 0.29) is 18.8 Å². The number of carbonyl (C=O) groups excluding carboxylic acids is 2. The number of ether oxygens (including phenoxy) is 2. The zero-order valence-electron chi connectivity index (χ0n) is 30.7. The van der Waals surface area contributed by atoms with Gasteiger partial charge in [-0.25, -0.2) is 0 Å². The maximum Gasteiger partial charge on any atom is 0.322 e. The van der Waals surface area contributed by atoms with Gasteiger partial charge < -0.3 is 15.2 Å². The second-order valence-corrected chi connectivity index (χ2v) is 13.4. The van der Waals surface area contributed by atoms with Gasteiger partial charge in [-0.3, -0.25) is 9.59 Å². The molecule has 5 nitrogen and oxygen atoms in total. The zero-order chi connectivity index (χ0) is 33.6. The number of esters is 2. The van der Waals surface area contributed by atoms with Gasteiger partial charge in [-0.1, -0.05) is 154 Å². The molecular weight excluding hydrogens is 570 g/mol. The van der Waals surface area contributed by atoms with Gasteiger partial charge in [0.2, 0.25) is 0 Å². The first-order chi connectivity index (χ1) is 22.6. The summed E-state index contributed by atoms with van der Waals surface area (Å²) in [7, 11) is 0. The van der Waals surface area contributed by atoms with Crippen LogP contribution in [0.15, 0.2) is 24.3 Å². The molecule has 0 amide bonds. The number of hydrogen-bond acceptors (Lipinski definition) is 5. The van der Waals surface area contributed by atoms with Crippen LogP contribution in [0.3, 0.4) is 0 Å². The highest BCUT2D eigenvalue weighted by atomic mass is 16.5. The molecule has 0 saturated carbocycles. The third-order valence-corrected chi connectivity index (χ3v) is 8.78. The molecule has 1 unspecified atom stereocenters. The van der Waals surface area contributed by atoms with Crippen LogP contribution in [-0.4, -0.2) is 31.2 Å². The van der Waals surface area contributed by atoms with E-state index in [1.165, 1.54) is 154 Å². The number of allylic oxidation sites excluding steroid dienone is 4. The Morgan fingerprint density at radius 2 is 0.804 bits per heavy atom. The molecule has 0 fully saturated rings. The molecule has 270 valence electrons. The highest BCUT2D eigenvalue weighted by Gasteiger charge is 2.17. The molecule has 0 spiro atoms. The fraction of sp³-hybridized carbons (Fsp3) is 0.854. The number of carbonyl (C=O) groups is 2. The summed E-state index contributed by atoms with van der Waals surface area (Å²) in [6.45, 7) is 5.40. The molecule has 0 rings (SSSR count). The van der Waals surface area contributed by atoms with Crippen LogP contribution < -0.4 is 5.73 Å². The molecular formula is C41H77NO4. The first-order valence-corrected chi connectivity index (χ1v) is 20.0. The number of nitrogens with two attached hydrogens (primary N) is 1. The van der Waals surface area contributed by atoms with E-state index in [2.05, 4.69) is 38.2 Å². The summed E-state index contributed by atoms with van der Waals surface area (Å²) in [5.74, 6) is -0.682. The molecule has 0 bridgehead atoms. The van der Waals surface area contributed by atoms with Gasteiger partial charge in [0.1, 0.15) is 6.04 Å². The highest BCUT2D eigenvalue weighted by Crippen LogP contribution is 2.12. The lowest BCUT2D eigenvalue weighted by Crippen LogP contribution is -2.33. The fourth-order valence-corrected chi connectivity index (χ4v) is 5.63. The van der Waals surface area contributed by atoms with Crippen molar-refractivity contribution < 1.29 is 19.1 Å². The van der Waals surface area contributed by atoms with Crippen LogP contribution >= 0.6 is 0 Å². The minimum Gasteiger partial charge on any atom is -0.466 e. The maximum atomic E-state index is 12.1. The number of unbranched alkanes of at least 4 members (excludes halogenated alkanes) is 24. The first kappa shape index (κ1) is 44.4. The molecule has 46 heavy (non-hydrogen) atoms. The average Bonchev–Trinajstić information content (AvgIpc) is 3.06. The molecule has 0 saturated heterocycles. The topological polar surface area (TPSA) is 78.6 Å². The Balaban J connectivity index is 3.44. The van der Waals surface area contributed by atoms with Crippen molar-refractivity contribution in [2.75, 3.05) is 13.2 Å². The lowest BCUT2D eigenvalue weighted by Gasteiger charge is -2.11. The molecule has 1 atom stereocenters. The summed E-state index contributed by atoms with van der Waals surface area (Å²) in [5, 5.41) is 0. The van der Waals surface area contributed by atoms with E-state index in [0.717, 1.165) is 25.7 Å². The van der Waals surface area contributed by atoms with Crippen LogP contribution in [0.2, 0.25) is 0 Å². The largest absolute Gasteiger partial charge is 0.466 e. The van der Waals surface area contributed by atoms with Crippen LogP contribution in [0.4, 0.5) is 0 Å². The Labute approximate surface area is 286 Å². The van der Waals surface area contributed by atoms with Crippen molar-refractivity contribution in [3.63, 3.8) is 0 Å². The summed E-state index contributed by atoms with van der Waals surface area (Å²) < 4.78 is 10.7. The Hall–Kier alpha value is -1.62. The molecule has 0 radical (unpaired) electrons. The zero-order valence-corrected chi connectivity index (χ0v) is 30.7. The minimum atomic E-state index is -0.757. The molecule has 0 aromatic heterocycles. The molecule has 0 aliphatic heterocycles. The predicted octanol–water partition coefficient (Wildman–Crippen LogP) is 12.3. The van der Waals surface area contributed by atoms with E-state index in [1.54, 1.807) is 0 Å². The fourth-order valence-electron chi connectivity index (χ4n) is 5.63. The number of rotatable bonds is 36. The van der Waals surface area contributed by atoms with Crippen molar-refractivity contribution in [3.8, 4) is 0 Å². The van der Waals surface area contributed by atoms with Gasteiger partial charge in [-0.2, -0.15) is 0 Å². The van der Waals surface area contributed by atoms with E-state index in [1.807, 2.05) is 0 Å². The molecule has 2 N–H and O–H groups in total. The average molecular weight is 648 g/mol. The molecule has 0 aromatic carbocycles. The van der Waals surface area contributed by atoms with Crippen LogP contribution in [0.1, 0.15) is 206 Å². The minimum absolute atomic E-state index is 0.164. The summed E-state index contributed by atoms with van der Waals surface area (Å²) >= 11 is 0. The van der Waals surface area contributed by atoms with E-state index in [9.17, 15) is 9.59 Å². The van der Waals surface area contributed by atoms with Crippen LogP contribution in [0.25, 0.3) is 0 Å². The smallest absolute Gasteiger partial charge is 0.322 e. The summed E-state index contributed by atoms with van der Waals surface area (Å²) in [6, 6.07) is -0.757. The third-order valence-electron chi connectivity index (χ3n) is 8.78. The van der Waals surface area contributed by atoms with Crippen molar-refractivity contribution in [2.45, 2.75) is 213 Å². The van der Waals surface area contributed by atoms with Gasteiger partial charge in [0.15, 0.2) is 0 Å². The normalized spacial score (nSPS) is 12.3. The Morgan fingerprint density at radius 1 is 0.478 bits per heavy atom. The highest BCUT2D eigenvalue weighted by molar-refractivity contribution is 5.77.